The van der Waals surface area contributed by atoms with Gasteiger partial charge in [-0.25, -0.2) is 0 Å². The minimum absolute atomic E-state index is 0.136. The van der Waals surface area contributed by atoms with Crippen molar-refractivity contribution in [3.63, 3.8) is 0 Å². The van der Waals surface area contributed by atoms with Crippen LogP contribution in [-0.2, 0) is 9.53 Å². The Morgan fingerprint density at radius 3 is 2.75 bits per heavy atom. The minimum Gasteiger partial charge on any atom is -0.465 e. The summed E-state index contributed by atoms with van der Waals surface area (Å²) in [5, 5.41) is 0. The second kappa shape index (κ2) is 4.62. The highest BCUT2D eigenvalue weighted by Crippen LogP contribution is 1.84. The Bertz CT molecular complexity index is 68.9. The van der Waals surface area contributed by atoms with Crippen LogP contribution in [0.15, 0.2) is 0 Å². The van der Waals surface area contributed by atoms with E-state index in [0.29, 0.717) is 13.0 Å². The molecule has 2 heteroatoms. The third-order valence-corrected chi connectivity index (χ3v) is 0.700. The Balaban J connectivity index is 2.99. The van der Waals surface area contributed by atoms with Gasteiger partial charge in [-0.2, -0.15) is 0 Å². The van der Waals surface area contributed by atoms with Crippen molar-refractivity contribution < 1.29 is 9.53 Å². The predicted molar refractivity (Wildman–Crippen MR) is 31.2 cm³/mol. The first-order chi connectivity index (χ1) is 3.81. The zero-order valence-electron chi connectivity index (χ0n) is 5.31. The van der Waals surface area contributed by atoms with E-state index < -0.39 is 0 Å². The van der Waals surface area contributed by atoms with Crippen LogP contribution in [0.3, 0.4) is 0 Å². The minimum atomic E-state index is -0.136. The molecule has 0 saturated carbocycles. The lowest BCUT2D eigenvalue weighted by Crippen LogP contribution is -2.02. The van der Waals surface area contributed by atoms with Crippen molar-refractivity contribution in [2.75, 3.05) is 6.61 Å². The van der Waals surface area contributed by atoms with E-state index in [0.717, 1.165) is 0 Å². The standard InChI is InChI=1S/C6H11O2/c1-3-5-8-6(7)4-2/h3H,4-5H2,1-2H3. The van der Waals surface area contributed by atoms with Crippen LogP contribution in [0.4, 0.5) is 0 Å². The van der Waals surface area contributed by atoms with Crippen LogP contribution in [0.2, 0.25) is 0 Å². The quantitative estimate of drug-likeness (QED) is 0.516. The molecule has 2 nitrogen and oxygen atoms in total. The van der Waals surface area contributed by atoms with Crippen molar-refractivity contribution in [2.45, 2.75) is 20.3 Å². The average molecular weight is 115 g/mol. The maximum absolute atomic E-state index is 10.3. The molecule has 0 atom stereocenters. The van der Waals surface area contributed by atoms with E-state index in [4.69, 9.17) is 0 Å². The van der Waals surface area contributed by atoms with E-state index in [-0.39, 0.29) is 5.97 Å². The fourth-order valence-corrected chi connectivity index (χ4v) is 0.278. The van der Waals surface area contributed by atoms with Crippen molar-refractivity contribution in [1.82, 2.24) is 0 Å². The molecule has 0 amide bonds. The third-order valence-electron chi connectivity index (χ3n) is 0.700. The fourth-order valence-electron chi connectivity index (χ4n) is 0.278. The summed E-state index contributed by atoms with van der Waals surface area (Å²) >= 11 is 0. The van der Waals surface area contributed by atoms with Crippen LogP contribution in [0.5, 0.6) is 0 Å². The third kappa shape index (κ3) is 3.65. The molecule has 0 spiro atoms. The molecule has 0 rings (SSSR count). The normalized spacial score (nSPS) is 8.75. The predicted octanol–water partition coefficient (Wildman–Crippen LogP) is 1.16. The molecule has 0 aromatic rings. The van der Waals surface area contributed by atoms with Gasteiger partial charge in [0.25, 0.3) is 0 Å². The molecule has 0 aliphatic carbocycles. The molecule has 0 unspecified atom stereocenters. The summed E-state index contributed by atoms with van der Waals surface area (Å²) in [6.07, 6.45) is 2.27. The van der Waals surface area contributed by atoms with E-state index in [9.17, 15) is 4.79 Å². The van der Waals surface area contributed by atoms with E-state index in [1.165, 1.54) is 0 Å². The van der Waals surface area contributed by atoms with Crippen LogP contribution in [0.1, 0.15) is 20.3 Å². The second-order valence-electron chi connectivity index (χ2n) is 1.44. The molecule has 47 valence electrons. The molecule has 0 fully saturated rings. The lowest BCUT2D eigenvalue weighted by molar-refractivity contribution is -0.142. The first-order valence-corrected chi connectivity index (χ1v) is 2.74. The molecular weight excluding hydrogens is 104 g/mol. The van der Waals surface area contributed by atoms with Crippen LogP contribution in [-0.4, -0.2) is 12.6 Å². The van der Waals surface area contributed by atoms with Crippen LogP contribution in [0.25, 0.3) is 0 Å². The molecule has 0 aliphatic heterocycles. The highest BCUT2D eigenvalue weighted by Gasteiger charge is 1.93. The Morgan fingerprint density at radius 1 is 1.75 bits per heavy atom. The smallest absolute Gasteiger partial charge is 0.305 e. The summed E-state index contributed by atoms with van der Waals surface area (Å²) in [5.41, 5.74) is 0. The van der Waals surface area contributed by atoms with Gasteiger partial charge < -0.3 is 4.74 Å². The molecular formula is C6H11O2. The summed E-state index contributed by atoms with van der Waals surface area (Å²) in [7, 11) is 0. The molecule has 0 aromatic heterocycles. The van der Waals surface area contributed by atoms with Gasteiger partial charge in [-0.15, -0.1) is 0 Å². The van der Waals surface area contributed by atoms with Gasteiger partial charge in [0.1, 0.15) is 0 Å². The molecule has 8 heavy (non-hydrogen) atoms. The topological polar surface area (TPSA) is 26.3 Å². The zero-order chi connectivity index (χ0) is 6.41. The summed E-state index contributed by atoms with van der Waals surface area (Å²) < 4.78 is 4.65. The average Bonchev–Trinajstić information content (AvgIpc) is 1.83. The Kier molecular flexibility index (Phi) is 4.32. The number of hydrogen-bond donors (Lipinski definition) is 0. The second-order valence-corrected chi connectivity index (χ2v) is 1.44. The molecule has 0 aromatic carbocycles. The summed E-state index contributed by atoms with van der Waals surface area (Å²) in [6, 6.07) is 0. The zero-order valence-corrected chi connectivity index (χ0v) is 5.31. The van der Waals surface area contributed by atoms with E-state index >= 15 is 0 Å². The van der Waals surface area contributed by atoms with Crippen LogP contribution >= 0.6 is 0 Å². The highest BCUT2D eigenvalue weighted by molar-refractivity contribution is 5.68. The van der Waals surface area contributed by atoms with Crippen molar-refractivity contribution in [3.8, 4) is 0 Å². The number of hydrogen-bond acceptors (Lipinski definition) is 2. The largest absolute Gasteiger partial charge is 0.465 e. The SMILES string of the molecule is C[CH]COC(=O)CC. The number of ether oxygens (including phenoxy) is 1. The first kappa shape index (κ1) is 7.47. The van der Waals surface area contributed by atoms with E-state index in [1.807, 2.05) is 6.92 Å². The van der Waals surface area contributed by atoms with Gasteiger partial charge in [-0.05, 0) is 6.42 Å². The Morgan fingerprint density at radius 2 is 2.38 bits per heavy atom. The Hall–Kier alpha value is -0.530. The maximum Gasteiger partial charge on any atom is 0.305 e. The molecule has 0 heterocycles. The highest BCUT2D eigenvalue weighted by atomic mass is 16.5. The monoisotopic (exact) mass is 115 g/mol. The fraction of sp³-hybridized carbons (Fsp3) is 0.667. The van der Waals surface area contributed by atoms with E-state index in [2.05, 4.69) is 4.74 Å². The van der Waals surface area contributed by atoms with Gasteiger partial charge in [0.15, 0.2) is 0 Å². The molecule has 1 radical (unpaired) electrons. The molecule has 0 aliphatic rings. The van der Waals surface area contributed by atoms with Crippen molar-refractivity contribution in [1.29, 1.82) is 0 Å². The molecule has 0 saturated heterocycles. The lowest BCUT2D eigenvalue weighted by atomic mass is 10.5. The van der Waals surface area contributed by atoms with Crippen molar-refractivity contribution in [2.24, 2.45) is 0 Å². The van der Waals surface area contributed by atoms with Crippen molar-refractivity contribution >= 4 is 5.97 Å². The van der Waals surface area contributed by atoms with E-state index in [1.54, 1.807) is 13.3 Å². The molecule has 0 N–H and O–H groups in total. The maximum atomic E-state index is 10.3. The number of esters is 1. The summed E-state index contributed by atoms with van der Waals surface area (Å²) in [4.78, 5) is 10.3. The van der Waals surface area contributed by atoms with Gasteiger partial charge in [0.05, 0.1) is 6.61 Å². The number of carbonyl (C=O) groups excluding carboxylic acids is 1. The van der Waals surface area contributed by atoms with Crippen LogP contribution in [0, 0.1) is 6.42 Å². The Labute approximate surface area is 49.8 Å². The molecule has 0 bridgehead atoms. The van der Waals surface area contributed by atoms with Gasteiger partial charge in [0, 0.05) is 6.42 Å². The number of rotatable bonds is 3. The van der Waals surface area contributed by atoms with Crippen molar-refractivity contribution in [3.05, 3.63) is 6.42 Å². The van der Waals surface area contributed by atoms with Gasteiger partial charge >= 0.3 is 5.97 Å². The van der Waals surface area contributed by atoms with Gasteiger partial charge in [0.2, 0.25) is 0 Å². The van der Waals surface area contributed by atoms with Gasteiger partial charge in [-0.1, -0.05) is 13.8 Å². The first-order valence-electron chi connectivity index (χ1n) is 2.74. The lowest BCUT2D eigenvalue weighted by Gasteiger charge is -1.96. The van der Waals surface area contributed by atoms with Gasteiger partial charge in [-0.3, -0.25) is 4.79 Å². The van der Waals surface area contributed by atoms with Crippen LogP contribution < -0.4 is 0 Å². The summed E-state index contributed by atoms with van der Waals surface area (Å²) in [6.45, 7) is 4.06. The number of carbonyl (C=O) groups is 1. The summed E-state index contributed by atoms with van der Waals surface area (Å²) in [5.74, 6) is -0.136.